The lowest BCUT2D eigenvalue weighted by Gasteiger charge is -2.09. The summed E-state index contributed by atoms with van der Waals surface area (Å²) in [6, 6.07) is 13.5. The number of benzene rings is 2. The van der Waals surface area contributed by atoms with Crippen LogP contribution in [0.3, 0.4) is 0 Å². The summed E-state index contributed by atoms with van der Waals surface area (Å²) in [6.45, 7) is 1.05. The minimum atomic E-state index is -0.572. The van der Waals surface area contributed by atoms with Gasteiger partial charge in [0.15, 0.2) is 5.82 Å². The molecule has 1 amide bonds. The number of aromatic nitrogens is 2. The van der Waals surface area contributed by atoms with E-state index < -0.39 is 11.9 Å². The summed E-state index contributed by atoms with van der Waals surface area (Å²) in [5.74, 6) is 0.351. The van der Waals surface area contributed by atoms with Crippen molar-refractivity contribution < 1.29 is 28.5 Å². The summed E-state index contributed by atoms with van der Waals surface area (Å²) in [4.78, 5) is 24.9. The molecule has 9 nitrogen and oxygen atoms in total. The standard InChI is InChI=1S/C23H24ClN3O6/c1-30-10-11-33-20-9-6-16(12-18(20)24)22(28)25-21-13-19(23(29)32-3)27(26-21)14-15-4-7-17(31-2)8-5-15/h4-9,12-13H,10-11,14H2,1-3H3,(H,25,26,28). The third-order valence-electron chi connectivity index (χ3n) is 4.65. The Balaban J connectivity index is 1.76. The quantitative estimate of drug-likeness (QED) is 0.354. The first kappa shape index (κ1) is 24.1. The van der Waals surface area contributed by atoms with Gasteiger partial charge in [-0.25, -0.2) is 4.79 Å². The van der Waals surface area contributed by atoms with Gasteiger partial charge in [0, 0.05) is 18.7 Å². The molecule has 0 aliphatic rings. The molecule has 33 heavy (non-hydrogen) atoms. The van der Waals surface area contributed by atoms with Crippen molar-refractivity contribution in [3.05, 3.63) is 70.4 Å². The Kier molecular flexibility index (Phi) is 8.28. The molecule has 1 N–H and O–H groups in total. The minimum Gasteiger partial charge on any atom is -0.497 e. The molecule has 0 fully saturated rings. The molecule has 1 aromatic heterocycles. The Labute approximate surface area is 196 Å². The van der Waals surface area contributed by atoms with Crippen LogP contribution in [-0.4, -0.2) is 56.2 Å². The van der Waals surface area contributed by atoms with Crippen LogP contribution in [0.25, 0.3) is 0 Å². The van der Waals surface area contributed by atoms with Gasteiger partial charge in [-0.3, -0.25) is 9.48 Å². The molecule has 0 aliphatic heterocycles. The highest BCUT2D eigenvalue weighted by Gasteiger charge is 2.18. The Hall–Kier alpha value is -3.56. The summed E-state index contributed by atoms with van der Waals surface area (Å²) in [5.41, 5.74) is 1.39. The van der Waals surface area contributed by atoms with Crippen LogP contribution >= 0.6 is 11.6 Å². The fourth-order valence-corrected chi connectivity index (χ4v) is 3.19. The Bertz CT molecular complexity index is 1110. The van der Waals surface area contributed by atoms with E-state index in [1.54, 1.807) is 26.4 Å². The molecular weight excluding hydrogens is 450 g/mol. The van der Waals surface area contributed by atoms with Gasteiger partial charge >= 0.3 is 5.97 Å². The molecule has 2 aromatic carbocycles. The monoisotopic (exact) mass is 473 g/mol. The molecule has 3 rings (SSSR count). The van der Waals surface area contributed by atoms with Crippen molar-refractivity contribution in [2.45, 2.75) is 6.54 Å². The van der Waals surface area contributed by atoms with Crippen molar-refractivity contribution in [3.63, 3.8) is 0 Å². The predicted octanol–water partition coefficient (Wildman–Crippen LogP) is 3.66. The number of halogens is 1. The summed E-state index contributed by atoms with van der Waals surface area (Å²) >= 11 is 6.22. The number of carbonyl (C=O) groups excluding carboxylic acids is 2. The van der Waals surface area contributed by atoms with Crippen LogP contribution < -0.4 is 14.8 Å². The molecule has 0 radical (unpaired) electrons. The normalized spacial score (nSPS) is 10.5. The van der Waals surface area contributed by atoms with E-state index in [1.807, 2.05) is 24.3 Å². The van der Waals surface area contributed by atoms with Crippen LogP contribution in [0.4, 0.5) is 5.82 Å². The summed E-state index contributed by atoms with van der Waals surface area (Å²) in [5, 5.41) is 7.33. The second-order valence-corrected chi connectivity index (χ2v) is 7.26. The average Bonchev–Trinajstić information content (AvgIpc) is 3.22. The van der Waals surface area contributed by atoms with Gasteiger partial charge in [0.1, 0.15) is 23.8 Å². The maximum Gasteiger partial charge on any atom is 0.356 e. The average molecular weight is 474 g/mol. The molecule has 0 saturated heterocycles. The van der Waals surface area contributed by atoms with Gasteiger partial charge < -0.3 is 24.3 Å². The Morgan fingerprint density at radius 3 is 2.42 bits per heavy atom. The van der Waals surface area contributed by atoms with E-state index >= 15 is 0 Å². The van der Waals surface area contributed by atoms with Crippen LogP contribution in [0.1, 0.15) is 26.4 Å². The number of amides is 1. The van der Waals surface area contributed by atoms with Crippen LogP contribution in [0.15, 0.2) is 48.5 Å². The highest BCUT2D eigenvalue weighted by atomic mass is 35.5. The fraction of sp³-hybridized carbons (Fsp3) is 0.261. The second-order valence-electron chi connectivity index (χ2n) is 6.85. The maximum atomic E-state index is 12.7. The Morgan fingerprint density at radius 2 is 1.79 bits per heavy atom. The Morgan fingerprint density at radius 1 is 1.03 bits per heavy atom. The zero-order chi connectivity index (χ0) is 23.8. The zero-order valence-electron chi connectivity index (χ0n) is 18.5. The van der Waals surface area contributed by atoms with E-state index in [2.05, 4.69) is 10.4 Å². The van der Waals surface area contributed by atoms with Crippen molar-refractivity contribution in [1.29, 1.82) is 0 Å². The first-order valence-electron chi connectivity index (χ1n) is 9.97. The van der Waals surface area contributed by atoms with Gasteiger partial charge in [-0.05, 0) is 35.9 Å². The lowest BCUT2D eigenvalue weighted by Crippen LogP contribution is -2.14. The molecule has 174 valence electrons. The first-order valence-corrected chi connectivity index (χ1v) is 10.3. The number of esters is 1. The number of hydrogen-bond donors (Lipinski definition) is 1. The molecule has 0 bridgehead atoms. The largest absolute Gasteiger partial charge is 0.497 e. The number of anilines is 1. The smallest absolute Gasteiger partial charge is 0.356 e. The van der Waals surface area contributed by atoms with Crippen molar-refractivity contribution in [1.82, 2.24) is 9.78 Å². The number of carbonyl (C=O) groups is 2. The second kappa shape index (κ2) is 11.3. The summed E-state index contributed by atoms with van der Waals surface area (Å²) in [7, 11) is 4.44. The molecule has 0 saturated carbocycles. The minimum absolute atomic E-state index is 0.198. The highest BCUT2D eigenvalue weighted by molar-refractivity contribution is 6.32. The number of hydrogen-bond acceptors (Lipinski definition) is 7. The van der Waals surface area contributed by atoms with Gasteiger partial charge in [-0.1, -0.05) is 23.7 Å². The van der Waals surface area contributed by atoms with Gasteiger partial charge in [-0.15, -0.1) is 0 Å². The van der Waals surface area contributed by atoms with E-state index in [-0.39, 0.29) is 11.5 Å². The first-order chi connectivity index (χ1) is 15.9. The van der Waals surface area contributed by atoms with Gasteiger partial charge in [0.2, 0.25) is 0 Å². The molecule has 0 atom stereocenters. The molecular formula is C23H24ClN3O6. The fourth-order valence-electron chi connectivity index (χ4n) is 2.95. The van der Waals surface area contributed by atoms with Crippen LogP contribution in [0.2, 0.25) is 5.02 Å². The number of methoxy groups -OCH3 is 3. The number of ether oxygens (including phenoxy) is 4. The lowest BCUT2D eigenvalue weighted by molar-refractivity contribution is 0.0587. The van der Waals surface area contributed by atoms with E-state index in [1.165, 1.54) is 23.9 Å². The molecule has 0 spiro atoms. The zero-order valence-corrected chi connectivity index (χ0v) is 19.2. The molecule has 3 aromatic rings. The lowest BCUT2D eigenvalue weighted by atomic mass is 10.2. The third kappa shape index (κ3) is 6.24. The summed E-state index contributed by atoms with van der Waals surface area (Å²) < 4.78 is 21.9. The highest BCUT2D eigenvalue weighted by Crippen LogP contribution is 2.26. The van der Waals surface area contributed by atoms with E-state index in [0.717, 1.165) is 5.56 Å². The van der Waals surface area contributed by atoms with E-state index in [4.69, 9.17) is 30.5 Å². The van der Waals surface area contributed by atoms with Crippen molar-refractivity contribution in [2.24, 2.45) is 0 Å². The van der Waals surface area contributed by atoms with Crippen LogP contribution in [0, 0.1) is 0 Å². The number of nitrogens with one attached hydrogen (secondary N) is 1. The van der Waals surface area contributed by atoms with Crippen molar-refractivity contribution in [2.75, 3.05) is 39.9 Å². The SMILES string of the molecule is COCCOc1ccc(C(=O)Nc2cc(C(=O)OC)n(Cc3ccc(OC)cc3)n2)cc1Cl. The molecule has 0 unspecified atom stereocenters. The molecule has 10 heteroatoms. The topological polar surface area (TPSA) is 101 Å². The van der Waals surface area contributed by atoms with Crippen LogP contribution in [-0.2, 0) is 16.0 Å². The number of rotatable bonds is 10. The van der Waals surface area contributed by atoms with E-state index in [0.29, 0.717) is 41.8 Å². The van der Waals surface area contributed by atoms with Gasteiger partial charge in [0.25, 0.3) is 5.91 Å². The molecule has 1 heterocycles. The predicted molar refractivity (Wildman–Crippen MR) is 122 cm³/mol. The third-order valence-corrected chi connectivity index (χ3v) is 4.94. The summed E-state index contributed by atoms with van der Waals surface area (Å²) in [6.07, 6.45) is 0. The molecule has 0 aliphatic carbocycles. The van der Waals surface area contributed by atoms with Crippen molar-refractivity contribution in [3.8, 4) is 11.5 Å². The maximum absolute atomic E-state index is 12.7. The van der Waals surface area contributed by atoms with E-state index in [9.17, 15) is 9.59 Å². The van der Waals surface area contributed by atoms with Crippen LogP contribution in [0.5, 0.6) is 11.5 Å². The van der Waals surface area contributed by atoms with Gasteiger partial charge in [-0.2, -0.15) is 5.10 Å². The van der Waals surface area contributed by atoms with Gasteiger partial charge in [0.05, 0.1) is 32.4 Å². The van der Waals surface area contributed by atoms with Crippen molar-refractivity contribution >= 4 is 29.3 Å². The number of nitrogens with zero attached hydrogens (tertiary/aromatic N) is 2.